The molecular weight excluding hydrogens is 222 g/mol. The van der Waals surface area contributed by atoms with E-state index in [4.69, 9.17) is 5.73 Å². The Morgan fingerprint density at radius 3 is 2.33 bits per heavy atom. The van der Waals surface area contributed by atoms with Gasteiger partial charge in [-0.05, 0) is 25.8 Å². The van der Waals surface area contributed by atoms with E-state index in [9.17, 15) is 0 Å². The third-order valence-electron chi connectivity index (χ3n) is 2.62. The van der Waals surface area contributed by atoms with Crippen LogP contribution < -0.4 is 5.73 Å². The van der Waals surface area contributed by atoms with E-state index in [-0.39, 0.29) is 0 Å². The highest BCUT2D eigenvalue weighted by Gasteiger charge is 2.10. The minimum Gasteiger partial charge on any atom is -0.329 e. The maximum atomic E-state index is 5.52. The van der Waals surface area contributed by atoms with Crippen molar-refractivity contribution in [3.8, 4) is 0 Å². The predicted molar refractivity (Wildman–Crippen MR) is 80.6 cm³/mol. The second kappa shape index (κ2) is 9.66. The van der Waals surface area contributed by atoms with Crippen molar-refractivity contribution in [1.82, 2.24) is 9.78 Å². The average Bonchev–Trinajstić information content (AvgIpc) is 2.67. The topological polar surface area (TPSA) is 43.8 Å². The Kier molecular flexibility index (Phi) is 8.93. The van der Waals surface area contributed by atoms with Gasteiger partial charge in [0.25, 0.3) is 0 Å². The van der Waals surface area contributed by atoms with Crippen molar-refractivity contribution in [1.29, 1.82) is 0 Å². The van der Waals surface area contributed by atoms with Gasteiger partial charge in [0.15, 0.2) is 0 Å². The van der Waals surface area contributed by atoms with Gasteiger partial charge in [-0.25, -0.2) is 0 Å². The first-order valence-corrected chi connectivity index (χ1v) is 6.65. The van der Waals surface area contributed by atoms with Gasteiger partial charge in [0.1, 0.15) is 0 Å². The van der Waals surface area contributed by atoms with E-state index in [2.05, 4.69) is 32.1 Å². The average molecular weight is 249 g/mol. The number of aryl methyl sites for hydroxylation is 1. The van der Waals surface area contributed by atoms with Crippen LogP contribution in [0.4, 0.5) is 0 Å². The van der Waals surface area contributed by atoms with Crippen LogP contribution in [-0.2, 0) is 13.0 Å². The van der Waals surface area contributed by atoms with Crippen LogP contribution in [0.1, 0.15) is 43.6 Å². The van der Waals surface area contributed by atoms with E-state index in [0.717, 1.165) is 37.2 Å². The minimum absolute atomic E-state index is 0.619. The van der Waals surface area contributed by atoms with Gasteiger partial charge in [-0.1, -0.05) is 32.9 Å². The number of rotatable bonds is 6. The molecule has 1 aromatic rings. The van der Waals surface area contributed by atoms with Crippen LogP contribution >= 0.6 is 0 Å². The number of hydrogen-bond donors (Lipinski definition) is 1. The van der Waals surface area contributed by atoms with Crippen LogP contribution in [-0.4, -0.2) is 16.3 Å². The van der Waals surface area contributed by atoms with Crippen molar-refractivity contribution < 1.29 is 0 Å². The van der Waals surface area contributed by atoms with E-state index in [0.29, 0.717) is 6.54 Å². The van der Waals surface area contributed by atoms with Gasteiger partial charge in [0.05, 0.1) is 17.9 Å². The number of nitrogens with two attached hydrogens (primary N) is 1. The number of nitrogens with zero attached hydrogens (tertiary/aromatic N) is 2. The van der Waals surface area contributed by atoms with Crippen molar-refractivity contribution in [2.24, 2.45) is 5.73 Å². The van der Waals surface area contributed by atoms with Gasteiger partial charge in [-0.2, -0.15) is 5.10 Å². The largest absolute Gasteiger partial charge is 0.329 e. The number of allylic oxidation sites excluding steroid dienone is 1. The van der Waals surface area contributed by atoms with Crippen molar-refractivity contribution in [2.45, 2.75) is 46.6 Å². The monoisotopic (exact) mass is 249 g/mol. The Bertz CT molecular complexity index is 364. The lowest BCUT2D eigenvalue weighted by Gasteiger charge is -2.03. The first kappa shape index (κ1) is 16.6. The Morgan fingerprint density at radius 1 is 1.33 bits per heavy atom. The highest BCUT2D eigenvalue weighted by molar-refractivity contribution is 5.49. The van der Waals surface area contributed by atoms with E-state index in [1.54, 1.807) is 0 Å². The van der Waals surface area contributed by atoms with E-state index in [1.807, 2.05) is 23.8 Å². The number of aromatic nitrogens is 2. The molecule has 18 heavy (non-hydrogen) atoms. The van der Waals surface area contributed by atoms with Crippen LogP contribution in [0.25, 0.3) is 6.08 Å². The van der Waals surface area contributed by atoms with Crippen LogP contribution in [0, 0.1) is 6.92 Å². The molecule has 0 aliphatic carbocycles. The minimum atomic E-state index is 0.619. The highest BCUT2D eigenvalue weighted by atomic mass is 15.3. The molecule has 0 aliphatic heterocycles. The molecule has 0 amide bonds. The molecule has 3 heteroatoms. The normalized spacial score (nSPS) is 9.56. The molecule has 0 saturated heterocycles. The SMILES string of the molecule is C=CCC.C=Cc1c(CCC)c(C)nn1CCN. The molecule has 102 valence electrons. The standard InChI is InChI=1S/C11H19N3.C4H8/c1-4-6-10-9(3)13-14(8-7-12)11(10)5-2;1-3-4-2/h5H,2,4,6-8,12H2,1,3H3;3H,1,4H2,2H3. The molecular formula is C15H27N3. The van der Waals surface area contributed by atoms with Crippen LogP contribution in [0.2, 0.25) is 0 Å². The predicted octanol–water partition coefficient (Wildman–Crippen LogP) is 3.33. The summed E-state index contributed by atoms with van der Waals surface area (Å²) >= 11 is 0. The quantitative estimate of drug-likeness (QED) is 0.786. The van der Waals surface area contributed by atoms with Crippen LogP contribution in [0.15, 0.2) is 19.2 Å². The van der Waals surface area contributed by atoms with E-state index >= 15 is 0 Å². The second-order valence-electron chi connectivity index (χ2n) is 4.11. The van der Waals surface area contributed by atoms with Gasteiger partial charge in [0, 0.05) is 12.1 Å². The van der Waals surface area contributed by atoms with E-state index in [1.165, 1.54) is 5.56 Å². The Morgan fingerprint density at radius 2 is 1.94 bits per heavy atom. The summed E-state index contributed by atoms with van der Waals surface area (Å²) in [5, 5.41) is 4.46. The van der Waals surface area contributed by atoms with Gasteiger partial charge in [0.2, 0.25) is 0 Å². The molecule has 1 aromatic heterocycles. The Labute approximate surface area is 111 Å². The zero-order valence-electron chi connectivity index (χ0n) is 12.1. The molecule has 0 saturated carbocycles. The fourth-order valence-corrected chi connectivity index (χ4v) is 1.72. The third-order valence-corrected chi connectivity index (χ3v) is 2.62. The molecule has 2 N–H and O–H groups in total. The van der Waals surface area contributed by atoms with Crippen molar-refractivity contribution in [2.75, 3.05) is 6.54 Å². The second-order valence-corrected chi connectivity index (χ2v) is 4.11. The lowest BCUT2D eigenvalue weighted by molar-refractivity contribution is 0.614. The maximum absolute atomic E-state index is 5.52. The summed E-state index contributed by atoms with van der Waals surface area (Å²) in [6.07, 6.45) is 7.04. The smallest absolute Gasteiger partial charge is 0.0639 e. The lowest BCUT2D eigenvalue weighted by atomic mass is 10.1. The maximum Gasteiger partial charge on any atom is 0.0639 e. The summed E-state index contributed by atoms with van der Waals surface area (Å²) in [5.74, 6) is 0. The first-order valence-electron chi connectivity index (χ1n) is 6.65. The summed E-state index contributed by atoms with van der Waals surface area (Å²) in [5.41, 5.74) is 9.08. The zero-order valence-corrected chi connectivity index (χ0v) is 12.1. The van der Waals surface area contributed by atoms with Gasteiger partial charge >= 0.3 is 0 Å². The zero-order chi connectivity index (χ0) is 14.0. The molecule has 1 rings (SSSR count). The summed E-state index contributed by atoms with van der Waals surface area (Å²) in [4.78, 5) is 0. The summed E-state index contributed by atoms with van der Waals surface area (Å²) in [7, 11) is 0. The molecule has 0 aliphatic rings. The molecule has 0 unspecified atom stereocenters. The Balaban J connectivity index is 0.000000631. The molecule has 3 nitrogen and oxygen atoms in total. The highest BCUT2D eigenvalue weighted by Crippen LogP contribution is 2.16. The first-order chi connectivity index (χ1) is 8.65. The van der Waals surface area contributed by atoms with Crippen LogP contribution in [0.5, 0.6) is 0 Å². The number of hydrogen-bond acceptors (Lipinski definition) is 2. The van der Waals surface area contributed by atoms with Crippen molar-refractivity contribution >= 4 is 6.08 Å². The molecule has 0 bridgehead atoms. The fourth-order valence-electron chi connectivity index (χ4n) is 1.72. The Hall–Kier alpha value is -1.35. The molecule has 1 heterocycles. The molecule has 0 aromatic carbocycles. The summed E-state index contributed by atoms with van der Waals surface area (Å²) in [6, 6.07) is 0. The fraction of sp³-hybridized carbons (Fsp3) is 0.533. The molecule has 0 spiro atoms. The van der Waals surface area contributed by atoms with Crippen molar-refractivity contribution in [3.05, 3.63) is 36.2 Å². The van der Waals surface area contributed by atoms with E-state index < -0.39 is 0 Å². The third kappa shape index (κ3) is 4.88. The van der Waals surface area contributed by atoms with Gasteiger partial charge in [-0.3, -0.25) is 4.68 Å². The van der Waals surface area contributed by atoms with Gasteiger partial charge in [-0.15, -0.1) is 6.58 Å². The van der Waals surface area contributed by atoms with Crippen LogP contribution in [0.3, 0.4) is 0 Å². The molecule has 0 atom stereocenters. The van der Waals surface area contributed by atoms with Crippen molar-refractivity contribution in [3.63, 3.8) is 0 Å². The lowest BCUT2D eigenvalue weighted by Crippen LogP contribution is -2.12. The molecule has 0 fully saturated rings. The summed E-state index contributed by atoms with van der Waals surface area (Å²) < 4.78 is 1.95. The molecule has 0 radical (unpaired) electrons. The summed E-state index contributed by atoms with van der Waals surface area (Å²) in [6.45, 7) is 15.0. The van der Waals surface area contributed by atoms with Gasteiger partial charge < -0.3 is 5.73 Å².